The van der Waals surface area contributed by atoms with E-state index in [1.54, 1.807) is 38.3 Å². The molecule has 0 saturated carbocycles. The SMILES string of the molecule is CC(=Cc1csc(C)n1)[C@H]1C[C@H]2[C@H](CCC[C@@H](C)[C@@H](O)[C@H](C)C(=O)C(C)(C)[C@H](O)CC(=O)O1)N2S(=O)(=O)c1cccs1. The van der Waals surface area contributed by atoms with Crippen LogP contribution in [0.1, 0.15) is 77.4 Å². The molecule has 2 aliphatic heterocycles. The second kappa shape index (κ2) is 13.0. The lowest BCUT2D eigenvalue weighted by molar-refractivity contribution is -0.154. The van der Waals surface area contributed by atoms with Crippen LogP contribution in [-0.4, -0.2) is 70.1 Å². The number of ketones is 1. The molecule has 8 atom stereocenters. The number of thiazole rings is 1. The van der Waals surface area contributed by atoms with Gasteiger partial charge in [-0.1, -0.05) is 40.2 Å². The van der Waals surface area contributed by atoms with Gasteiger partial charge in [0.15, 0.2) is 0 Å². The van der Waals surface area contributed by atoms with E-state index in [-0.39, 0.29) is 34.4 Å². The van der Waals surface area contributed by atoms with Crippen LogP contribution in [0.15, 0.2) is 32.7 Å². The summed E-state index contributed by atoms with van der Waals surface area (Å²) in [6.07, 6.45) is 0.495. The minimum absolute atomic E-state index is 0.214. The molecule has 2 aromatic rings. The van der Waals surface area contributed by atoms with Gasteiger partial charge in [0.05, 0.1) is 34.7 Å². The van der Waals surface area contributed by atoms with Crippen molar-refractivity contribution >= 4 is 50.5 Å². The smallest absolute Gasteiger partial charge is 0.309 e. The highest BCUT2D eigenvalue weighted by Crippen LogP contribution is 2.44. The summed E-state index contributed by atoms with van der Waals surface area (Å²) in [5.41, 5.74) is 0.146. The zero-order chi connectivity index (χ0) is 31.0. The molecule has 42 heavy (non-hydrogen) atoms. The fourth-order valence-corrected chi connectivity index (χ4v) is 9.44. The van der Waals surface area contributed by atoms with E-state index in [0.717, 1.165) is 10.7 Å². The first-order chi connectivity index (χ1) is 19.6. The number of Topliss-reactive ketones (excluding diaryl/α,β-unsaturated/α-hetero) is 1. The van der Waals surface area contributed by atoms with Crippen molar-refractivity contribution in [3.8, 4) is 0 Å². The Hall–Kier alpha value is -1.96. The minimum Gasteiger partial charge on any atom is -0.458 e. The Labute approximate surface area is 256 Å². The van der Waals surface area contributed by atoms with Crippen LogP contribution >= 0.6 is 22.7 Å². The number of esters is 1. The van der Waals surface area contributed by atoms with Crippen molar-refractivity contribution in [1.82, 2.24) is 9.29 Å². The van der Waals surface area contributed by atoms with Gasteiger partial charge in [-0.25, -0.2) is 13.4 Å². The van der Waals surface area contributed by atoms with E-state index in [0.29, 0.717) is 24.8 Å². The van der Waals surface area contributed by atoms with Gasteiger partial charge in [-0.3, -0.25) is 9.59 Å². The molecule has 12 heteroatoms. The van der Waals surface area contributed by atoms with Crippen LogP contribution in [0.3, 0.4) is 0 Å². The number of aliphatic hydroxyl groups excluding tert-OH is 2. The first-order valence-electron chi connectivity index (χ1n) is 14.4. The molecule has 2 N–H and O–H groups in total. The second-order valence-electron chi connectivity index (χ2n) is 12.3. The normalized spacial score (nSPS) is 33.6. The third-order valence-electron chi connectivity index (χ3n) is 8.78. The average molecular weight is 639 g/mol. The number of rotatable bonds is 4. The molecule has 0 radical (unpaired) electrons. The van der Waals surface area contributed by atoms with E-state index < -0.39 is 52.1 Å². The van der Waals surface area contributed by atoms with Crippen LogP contribution < -0.4 is 0 Å². The van der Waals surface area contributed by atoms with Gasteiger partial charge in [-0.05, 0) is 55.7 Å². The largest absolute Gasteiger partial charge is 0.458 e. The summed E-state index contributed by atoms with van der Waals surface area (Å²) in [6.45, 7) is 10.4. The van der Waals surface area contributed by atoms with Gasteiger partial charge < -0.3 is 14.9 Å². The highest BCUT2D eigenvalue weighted by molar-refractivity contribution is 7.91. The summed E-state index contributed by atoms with van der Waals surface area (Å²) in [6, 6.07) is 2.63. The van der Waals surface area contributed by atoms with E-state index in [2.05, 4.69) is 4.98 Å². The van der Waals surface area contributed by atoms with Gasteiger partial charge in [-0.2, -0.15) is 4.31 Å². The standard InChI is InChI=1S/C30H42N2O7S3/c1-17-9-7-10-22-23(32(22)42(37,38)27-11-8-12-40-27)14-24(18(2)13-21-16-41-20(4)31-21)39-26(34)15-25(33)30(5,6)29(36)19(3)28(17)35/h8,11-13,16-17,19,22-25,28,33,35H,7,9-10,14-15H2,1-6H3/t17-,19+,22+,23+,24-,25-,28-,32?/m1/s1. The molecule has 0 aliphatic carbocycles. The minimum atomic E-state index is -3.74. The monoisotopic (exact) mass is 638 g/mol. The molecule has 0 bridgehead atoms. The van der Waals surface area contributed by atoms with Gasteiger partial charge >= 0.3 is 5.97 Å². The van der Waals surface area contributed by atoms with Crippen molar-refractivity contribution in [2.24, 2.45) is 17.3 Å². The van der Waals surface area contributed by atoms with Gasteiger partial charge in [0.2, 0.25) is 0 Å². The Morgan fingerprint density at radius 3 is 2.50 bits per heavy atom. The molecule has 4 heterocycles. The molecule has 232 valence electrons. The Morgan fingerprint density at radius 2 is 1.88 bits per heavy atom. The van der Waals surface area contributed by atoms with Crippen LogP contribution in [-0.2, 0) is 24.3 Å². The Morgan fingerprint density at radius 1 is 1.17 bits per heavy atom. The van der Waals surface area contributed by atoms with Crippen molar-refractivity contribution in [3.63, 3.8) is 0 Å². The molecule has 0 amide bonds. The molecule has 4 rings (SSSR count). The third-order valence-corrected chi connectivity index (χ3v) is 12.9. The van der Waals surface area contributed by atoms with Crippen molar-refractivity contribution in [3.05, 3.63) is 39.2 Å². The molecule has 2 aliphatic rings. The van der Waals surface area contributed by atoms with Gasteiger partial charge in [0.1, 0.15) is 16.1 Å². The predicted octanol–water partition coefficient (Wildman–Crippen LogP) is 4.82. The number of hydrogen-bond acceptors (Lipinski definition) is 10. The van der Waals surface area contributed by atoms with Gasteiger partial charge in [-0.15, -0.1) is 22.7 Å². The molecule has 1 unspecified atom stereocenters. The maximum atomic E-state index is 13.6. The van der Waals surface area contributed by atoms with Crippen molar-refractivity contribution < 1.29 is 33.0 Å². The molecule has 2 aromatic heterocycles. The van der Waals surface area contributed by atoms with E-state index >= 15 is 0 Å². The molecule has 2 saturated heterocycles. The third kappa shape index (κ3) is 7.05. The number of nitrogens with zero attached hydrogens (tertiary/aromatic N) is 2. The number of ether oxygens (including phenoxy) is 1. The van der Waals surface area contributed by atoms with Crippen LogP contribution in [0, 0.1) is 24.2 Å². The fourth-order valence-electron chi connectivity index (χ4n) is 5.92. The molecule has 9 nitrogen and oxygen atoms in total. The highest BCUT2D eigenvalue weighted by Gasteiger charge is 2.56. The lowest BCUT2D eigenvalue weighted by atomic mass is 9.73. The topological polar surface area (TPSA) is 134 Å². The molecule has 2 fully saturated rings. The van der Waals surface area contributed by atoms with E-state index in [4.69, 9.17) is 4.74 Å². The number of carbonyl (C=O) groups excluding carboxylic acids is 2. The summed E-state index contributed by atoms with van der Waals surface area (Å²) >= 11 is 2.66. The summed E-state index contributed by atoms with van der Waals surface area (Å²) in [7, 11) is -3.74. The van der Waals surface area contributed by atoms with E-state index in [1.165, 1.54) is 27.0 Å². The van der Waals surface area contributed by atoms with E-state index in [1.807, 2.05) is 32.2 Å². The zero-order valence-corrected chi connectivity index (χ0v) is 27.5. The first kappa shape index (κ1) is 32.9. The average Bonchev–Trinajstić information content (AvgIpc) is 3.25. The lowest BCUT2D eigenvalue weighted by Crippen LogP contribution is -2.45. The lowest BCUT2D eigenvalue weighted by Gasteiger charge is -2.34. The number of carbonyl (C=O) groups is 2. The quantitative estimate of drug-likeness (QED) is 0.360. The Bertz CT molecular complexity index is 1400. The number of fused-ring (bicyclic) bond motifs is 1. The maximum Gasteiger partial charge on any atom is 0.309 e. The number of hydrogen-bond donors (Lipinski definition) is 2. The summed E-state index contributed by atoms with van der Waals surface area (Å²) < 4.78 is 34.9. The highest BCUT2D eigenvalue weighted by atomic mass is 32.2. The molecular formula is C30H42N2O7S3. The number of thiophene rings is 1. The van der Waals surface area contributed by atoms with Crippen LogP contribution in [0.5, 0.6) is 0 Å². The molecule has 0 spiro atoms. The van der Waals surface area contributed by atoms with Gasteiger partial charge in [0.25, 0.3) is 10.0 Å². The Kier molecular flexibility index (Phi) is 10.2. The van der Waals surface area contributed by atoms with Crippen molar-refractivity contribution in [2.45, 2.75) is 108 Å². The summed E-state index contributed by atoms with van der Waals surface area (Å²) in [4.78, 5) is 31.1. The van der Waals surface area contributed by atoms with Crippen molar-refractivity contribution in [2.75, 3.05) is 0 Å². The van der Waals surface area contributed by atoms with Crippen molar-refractivity contribution in [1.29, 1.82) is 0 Å². The number of aliphatic hydroxyl groups is 2. The summed E-state index contributed by atoms with van der Waals surface area (Å²) in [5, 5.41) is 26.5. The number of aromatic nitrogens is 1. The maximum absolute atomic E-state index is 13.6. The van der Waals surface area contributed by atoms with E-state index in [9.17, 15) is 28.2 Å². The summed E-state index contributed by atoms with van der Waals surface area (Å²) in [5.74, 6) is -1.98. The first-order valence-corrected chi connectivity index (χ1v) is 17.6. The fraction of sp³-hybridized carbons (Fsp3) is 0.633. The Balaban J connectivity index is 1.68. The van der Waals surface area contributed by atoms with Crippen LogP contribution in [0.4, 0.5) is 0 Å². The van der Waals surface area contributed by atoms with Crippen LogP contribution in [0.2, 0.25) is 0 Å². The predicted molar refractivity (Wildman–Crippen MR) is 164 cm³/mol. The number of sulfonamides is 1. The van der Waals surface area contributed by atoms with Crippen LogP contribution in [0.25, 0.3) is 6.08 Å². The second-order valence-corrected chi connectivity index (χ2v) is 16.4. The molecular weight excluding hydrogens is 597 g/mol. The number of aryl methyl sites for hydroxylation is 1. The number of cyclic esters (lactones) is 1. The van der Waals surface area contributed by atoms with Gasteiger partial charge in [0, 0.05) is 29.8 Å². The zero-order valence-electron chi connectivity index (χ0n) is 25.0. The molecule has 0 aromatic carbocycles.